The summed E-state index contributed by atoms with van der Waals surface area (Å²) in [4.78, 5) is 29.3. The van der Waals surface area contributed by atoms with Gasteiger partial charge in [0.15, 0.2) is 0 Å². The largest absolute Gasteiger partial charge is 0.497 e. The Bertz CT molecular complexity index is 1670. The number of carbonyl (C=O) groups excluding carboxylic acids is 2. The molecule has 1 atom stereocenters. The first-order chi connectivity index (χ1) is 21.1. The second-order valence-electron chi connectivity index (χ2n) is 9.88. The number of likely N-dealkylation sites (N-methyl/N-ethyl adjacent to an activating group) is 1. The molecule has 4 aromatic carbocycles. The lowest BCUT2D eigenvalue weighted by molar-refractivity contribution is -0.140. The summed E-state index contributed by atoms with van der Waals surface area (Å²) in [5.41, 5.74) is 1.68. The molecule has 0 radical (unpaired) electrons. The fourth-order valence-electron chi connectivity index (χ4n) is 4.67. The molecule has 4 rings (SSSR count). The molecule has 11 heteroatoms. The van der Waals surface area contributed by atoms with Crippen LogP contribution in [-0.2, 0) is 32.6 Å². The minimum absolute atomic E-state index is 0.0236. The van der Waals surface area contributed by atoms with Crippen molar-refractivity contribution in [3.05, 3.63) is 124 Å². The number of carbonyl (C=O) groups is 2. The maximum atomic E-state index is 14.4. The zero-order valence-electron chi connectivity index (χ0n) is 24.3. The molecule has 44 heavy (non-hydrogen) atoms. The van der Waals surface area contributed by atoms with Crippen LogP contribution in [0.2, 0.25) is 10.0 Å². The third kappa shape index (κ3) is 8.11. The number of hydrogen-bond acceptors (Lipinski definition) is 5. The molecule has 0 heterocycles. The second-order valence-corrected chi connectivity index (χ2v) is 12.6. The van der Waals surface area contributed by atoms with Gasteiger partial charge in [-0.1, -0.05) is 71.7 Å². The normalized spacial score (nSPS) is 11.8. The lowest BCUT2D eigenvalue weighted by Gasteiger charge is -2.34. The Morgan fingerprint density at radius 1 is 0.864 bits per heavy atom. The van der Waals surface area contributed by atoms with E-state index in [-0.39, 0.29) is 29.5 Å². The molecule has 0 spiro atoms. The van der Waals surface area contributed by atoms with Gasteiger partial charge in [-0.25, -0.2) is 8.42 Å². The molecule has 8 nitrogen and oxygen atoms in total. The molecule has 0 aromatic heterocycles. The van der Waals surface area contributed by atoms with Crippen molar-refractivity contribution in [3.63, 3.8) is 0 Å². The van der Waals surface area contributed by atoms with Gasteiger partial charge in [-0.05, 0) is 72.6 Å². The molecule has 0 fully saturated rings. The van der Waals surface area contributed by atoms with Crippen molar-refractivity contribution in [2.75, 3.05) is 24.5 Å². The van der Waals surface area contributed by atoms with E-state index in [1.807, 2.05) is 30.3 Å². The fourth-order valence-corrected chi connectivity index (χ4v) is 6.40. The van der Waals surface area contributed by atoms with Crippen LogP contribution in [0.3, 0.4) is 0 Å². The van der Waals surface area contributed by atoms with Crippen LogP contribution in [-0.4, -0.2) is 51.4 Å². The van der Waals surface area contributed by atoms with Gasteiger partial charge >= 0.3 is 0 Å². The average Bonchev–Trinajstić information content (AvgIpc) is 3.03. The Hall–Kier alpha value is -4.05. The van der Waals surface area contributed by atoms with Crippen molar-refractivity contribution in [1.29, 1.82) is 0 Å². The Balaban J connectivity index is 1.80. The van der Waals surface area contributed by atoms with Gasteiger partial charge in [0.25, 0.3) is 10.0 Å². The summed E-state index contributed by atoms with van der Waals surface area (Å²) in [6.07, 6.45) is 0.203. The van der Waals surface area contributed by atoms with Crippen molar-refractivity contribution in [2.45, 2.75) is 30.8 Å². The maximum absolute atomic E-state index is 14.4. The smallest absolute Gasteiger partial charge is 0.264 e. The number of methoxy groups -OCH3 is 1. The van der Waals surface area contributed by atoms with Gasteiger partial charge in [0.05, 0.1) is 17.7 Å². The number of hydrogen-bond donors (Lipinski definition) is 1. The van der Waals surface area contributed by atoms with Gasteiger partial charge in [0.2, 0.25) is 11.8 Å². The molecular weight excluding hydrogens is 621 g/mol. The first-order valence-electron chi connectivity index (χ1n) is 13.9. The first-order valence-corrected chi connectivity index (χ1v) is 16.1. The van der Waals surface area contributed by atoms with Gasteiger partial charge in [0.1, 0.15) is 18.3 Å². The number of halogens is 2. The number of rotatable bonds is 13. The van der Waals surface area contributed by atoms with Crippen LogP contribution in [0, 0.1) is 0 Å². The summed E-state index contributed by atoms with van der Waals surface area (Å²) < 4.78 is 34.3. The molecule has 0 saturated carbocycles. The van der Waals surface area contributed by atoms with Crippen LogP contribution in [0.15, 0.2) is 108 Å². The summed E-state index contributed by atoms with van der Waals surface area (Å²) in [5.74, 6) is -0.480. The molecule has 0 saturated heterocycles. The Labute approximate surface area is 268 Å². The fraction of sp³-hybridized carbons (Fsp3) is 0.212. The summed E-state index contributed by atoms with van der Waals surface area (Å²) in [6.45, 7) is 1.53. The van der Waals surface area contributed by atoms with Gasteiger partial charge in [0, 0.05) is 29.6 Å². The maximum Gasteiger partial charge on any atom is 0.264 e. The molecule has 0 bridgehead atoms. The van der Waals surface area contributed by atoms with E-state index in [1.54, 1.807) is 43.3 Å². The number of benzene rings is 4. The molecule has 0 aliphatic rings. The van der Waals surface area contributed by atoms with Crippen LogP contribution in [0.25, 0.3) is 0 Å². The molecule has 4 aromatic rings. The van der Waals surface area contributed by atoms with Crippen molar-refractivity contribution in [3.8, 4) is 5.75 Å². The van der Waals surface area contributed by atoms with E-state index in [4.69, 9.17) is 27.9 Å². The van der Waals surface area contributed by atoms with Gasteiger partial charge in [-0.2, -0.15) is 0 Å². The third-order valence-corrected chi connectivity index (χ3v) is 9.37. The Morgan fingerprint density at radius 3 is 2.11 bits per heavy atom. The highest BCUT2D eigenvalue weighted by molar-refractivity contribution is 7.92. The van der Waals surface area contributed by atoms with E-state index in [1.165, 1.54) is 48.4 Å². The van der Waals surface area contributed by atoms with Gasteiger partial charge in [-0.15, -0.1) is 0 Å². The van der Waals surface area contributed by atoms with Crippen molar-refractivity contribution >= 4 is 50.7 Å². The number of nitrogens with zero attached hydrogens (tertiary/aromatic N) is 2. The lowest BCUT2D eigenvalue weighted by Crippen LogP contribution is -2.53. The van der Waals surface area contributed by atoms with E-state index >= 15 is 0 Å². The zero-order valence-corrected chi connectivity index (χ0v) is 26.6. The predicted molar refractivity (Wildman–Crippen MR) is 174 cm³/mol. The van der Waals surface area contributed by atoms with E-state index in [0.717, 1.165) is 9.87 Å². The minimum atomic E-state index is -4.26. The van der Waals surface area contributed by atoms with E-state index in [2.05, 4.69) is 5.32 Å². The van der Waals surface area contributed by atoms with Gasteiger partial charge in [-0.3, -0.25) is 13.9 Å². The summed E-state index contributed by atoms with van der Waals surface area (Å²) in [7, 11) is -2.77. The van der Waals surface area contributed by atoms with E-state index in [0.29, 0.717) is 27.9 Å². The quantitative estimate of drug-likeness (QED) is 0.192. The lowest BCUT2D eigenvalue weighted by atomic mass is 10.0. The Kier molecular flexibility index (Phi) is 11.3. The molecule has 0 aliphatic heterocycles. The molecular formula is C33H33Cl2N3O5S. The van der Waals surface area contributed by atoms with E-state index in [9.17, 15) is 18.0 Å². The van der Waals surface area contributed by atoms with Crippen LogP contribution in [0.1, 0.15) is 18.1 Å². The predicted octanol–water partition coefficient (Wildman–Crippen LogP) is 5.97. The average molecular weight is 655 g/mol. The highest BCUT2D eigenvalue weighted by atomic mass is 35.5. The number of ether oxygens (including phenoxy) is 1. The van der Waals surface area contributed by atoms with Gasteiger partial charge < -0.3 is 15.0 Å². The topological polar surface area (TPSA) is 96.0 Å². The third-order valence-electron chi connectivity index (χ3n) is 6.96. The highest BCUT2D eigenvalue weighted by Crippen LogP contribution is 2.28. The summed E-state index contributed by atoms with van der Waals surface area (Å²) >= 11 is 12.6. The molecule has 2 amide bonds. The Morgan fingerprint density at radius 2 is 1.50 bits per heavy atom. The standard InChI is InChI=1S/C33H33Cl2N3O5S/c1-3-36-33(40)31(21-24-9-5-4-6-10-24)37(22-25-11-7-8-12-30(25)35)32(39)23-38(27-15-13-26(34)14-16-27)44(41,42)29-19-17-28(43-2)18-20-29/h4-20,31H,3,21-23H2,1-2H3,(H,36,40). The van der Waals surface area contributed by atoms with Crippen molar-refractivity contribution in [1.82, 2.24) is 10.2 Å². The SMILES string of the molecule is CCNC(=O)C(Cc1ccccc1)N(Cc1ccccc1Cl)C(=O)CN(c1ccc(Cl)cc1)S(=O)(=O)c1ccc(OC)cc1. The van der Waals surface area contributed by atoms with Crippen LogP contribution < -0.4 is 14.4 Å². The van der Waals surface area contributed by atoms with E-state index < -0.39 is 28.5 Å². The minimum Gasteiger partial charge on any atom is -0.497 e. The number of nitrogens with one attached hydrogen (secondary N) is 1. The van der Waals surface area contributed by atoms with Crippen LogP contribution in [0.4, 0.5) is 5.69 Å². The molecule has 230 valence electrons. The van der Waals surface area contributed by atoms with Crippen LogP contribution in [0.5, 0.6) is 5.75 Å². The number of amides is 2. The number of anilines is 1. The highest BCUT2D eigenvalue weighted by Gasteiger charge is 2.34. The molecule has 1 unspecified atom stereocenters. The van der Waals surface area contributed by atoms with Crippen molar-refractivity contribution in [2.24, 2.45) is 0 Å². The van der Waals surface area contributed by atoms with Crippen molar-refractivity contribution < 1.29 is 22.7 Å². The van der Waals surface area contributed by atoms with Crippen LogP contribution >= 0.6 is 23.2 Å². The summed E-state index contributed by atoms with van der Waals surface area (Å²) in [6, 6.07) is 27.4. The molecule has 1 N–H and O–H groups in total. The number of sulfonamides is 1. The molecule has 0 aliphatic carbocycles. The second kappa shape index (κ2) is 15.1. The zero-order chi connectivity index (χ0) is 31.7. The summed E-state index contributed by atoms with van der Waals surface area (Å²) in [5, 5.41) is 3.66. The first kappa shape index (κ1) is 32.9. The monoisotopic (exact) mass is 653 g/mol.